The van der Waals surface area contributed by atoms with Crippen molar-refractivity contribution in [2.45, 2.75) is 13.3 Å². The predicted molar refractivity (Wildman–Crippen MR) is 48.6 cm³/mol. The largest absolute Gasteiger partial charge is 0.294 e. The Labute approximate surface area is 80.5 Å². The number of hydrogen-bond acceptors (Lipinski definition) is 1. The maximum absolute atomic E-state index is 13.0. The minimum atomic E-state index is -0.442. The van der Waals surface area contributed by atoms with Gasteiger partial charge in [0.05, 0.1) is 5.02 Å². The molecule has 1 atom stereocenters. The highest BCUT2D eigenvalue weighted by molar-refractivity contribution is 6.32. The second-order valence-corrected chi connectivity index (χ2v) is 3.73. The summed E-state index contributed by atoms with van der Waals surface area (Å²) in [4.78, 5) is 11.5. The molecule has 1 aromatic rings. The lowest BCUT2D eigenvalue weighted by Gasteiger charge is -2.00. The van der Waals surface area contributed by atoms with Gasteiger partial charge in [-0.3, -0.25) is 4.79 Å². The molecule has 0 bridgehead atoms. The van der Waals surface area contributed by atoms with Crippen molar-refractivity contribution >= 4 is 17.4 Å². The van der Waals surface area contributed by atoms with Crippen LogP contribution in [0.5, 0.6) is 0 Å². The summed E-state index contributed by atoms with van der Waals surface area (Å²) >= 11 is 5.74. The monoisotopic (exact) mass is 198 g/mol. The molecule has 0 heterocycles. The molecule has 0 aromatic heterocycles. The summed E-state index contributed by atoms with van der Waals surface area (Å²) < 4.78 is 13.0. The molecule has 13 heavy (non-hydrogen) atoms. The first-order valence-corrected chi connectivity index (χ1v) is 4.50. The molecular formula is C10H8ClFO. The van der Waals surface area contributed by atoms with Gasteiger partial charge in [0.25, 0.3) is 0 Å². The maximum atomic E-state index is 13.0. The molecule has 0 saturated heterocycles. The third-order valence-electron chi connectivity index (χ3n) is 2.42. The van der Waals surface area contributed by atoms with Gasteiger partial charge in [-0.05, 0) is 24.1 Å². The zero-order chi connectivity index (χ0) is 9.59. The Morgan fingerprint density at radius 1 is 1.54 bits per heavy atom. The van der Waals surface area contributed by atoms with Crippen LogP contribution in [0.4, 0.5) is 4.39 Å². The van der Waals surface area contributed by atoms with Gasteiger partial charge in [-0.25, -0.2) is 4.39 Å². The number of benzene rings is 1. The van der Waals surface area contributed by atoms with Crippen LogP contribution in [0.25, 0.3) is 0 Å². The minimum Gasteiger partial charge on any atom is -0.294 e. The standard InChI is InChI=1S/C10H8ClFO/c1-5-4-7-6(10(5)13)2-3-8(12)9(7)11/h2-3,5H,4H2,1H3. The van der Waals surface area contributed by atoms with E-state index in [2.05, 4.69) is 0 Å². The Balaban J connectivity index is 2.64. The fraction of sp³-hybridized carbons (Fsp3) is 0.300. The lowest BCUT2D eigenvalue weighted by molar-refractivity contribution is 0.0946. The van der Waals surface area contributed by atoms with Crippen LogP contribution in [0.15, 0.2) is 12.1 Å². The summed E-state index contributed by atoms with van der Waals surface area (Å²) in [6.45, 7) is 1.83. The van der Waals surface area contributed by atoms with Gasteiger partial charge < -0.3 is 0 Å². The van der Waals surface area contributed by atoms with Crippen molar-refractivity contribution in [1.29, 1.82) is 0 Å². The van der Waals surface area contributed by atoms with Crippen molar-refractivity contribution in [3.8, 4) is 0 Å². The number of Topliss-reactive ketones (excluding diaryl/α,β-unsaturated/α-hetero) is 1. The van der Waals surface area contributed by atoms with E-state index in [9.17, 15) is 9.18 Å². The molecule has 68 valence electrons. The SMILES string of the molecule is CC1Cc2c(ccc(F)c2Cl)C1=O. The number of carbonyl (C=O) groups excluding carboxylic acids is 1. The van der Waals surface area contributed by atoms with Crippen molar-refractivity contribution in [1.82, 2.24) is 0 Å². The van der Waals surface area contributed by atoms with E-state index in [-0.39, 0.29) is 16.7 Å². The van der Waals surface area contributed by atoms with E-state index >= 15 is 0 Å². The Hall–Kier alpha value is -0.890. The molecule has 1 unspecified atom stereocenters. The molecule has 0 spiro atoms. The molecule has 0 radical (unpaired) electrons. The van der Waals surface area contributed by atoms with Crippen LogP contribution in [0.1, 0.15) is 22.8 Å². The summed E-state index contributed by atoms with van der Waals surface area (Å²) in [6, 6.07) is 2.76. The van der Waals surface area contributed by atoms with Crippen molar-refractivity contribution < 1.29 is 9.18 Å². The normalized spacial score (nSPS) is 20.5. The summed E-state index contributed by atoms with van der Waals surface area (Å²) in [5, 5.41) is 0.107. The quantitative estimate of drug-likeness (QED) is 0.627. The minimum absolute atomic E-state index is 0.0608. The van der Waals surface area contributed by atoms with Crippen LogP contribution < -0.4 is 0 Å². The molecule has 0 fully saturated rings. The summed E-state index contributed by atoms with van der Waals surface area (Å²) in [6.07, 6.45) is 0.560. The van der Waals surface area contributed by atoms with E-state index in [0.29, 0.717) is 17.5 Å². The average Bonchev–Trinajstić information content (AvgIpc) is 2.38. The van der Waals surface area contributed by atoms with Gasteiger partial charge in [-0.2, -0.15) is 0 Å². The zero-order valence-electron chi connectivity index (χ0n) is 7.10. The highest BCUT2D eigenvalue weighted by atomic mass is 35.5. The van der Waals surface area contributed by atoms with Crippen LogP contribution >= 0.6 is 11.6 Å². The summed E-state index contributed by atoms with van der Waals surface area (Å²) in [7, 11) is 0. The first-order chi connectivity index (χ1) is 6.11. The Morgan fingerprint density at radius 2 is 2.23 bits per heavy atom. The number of rotatable bonds is 0. The van der Waals surface area contributed by atoms with Crippen molar-refractivity contribution in [3.05, 3.63) is 34.1 Å². The Bertz CT molecular complexity index is 387. The number of hydrogen-bond donors (Lipinski definition) is 0. The molecule has 2 rings (SSSR count). The van der Waals surface area contributed by atoms with E-state index in [1.54, 1.807) is 0 Å². The number of fused-ring (bicyclic) bond motifs is 1. The second kappa shape index (κ2) is 2.81. The van der Waals surface area contributed by atoms with E-state index in [0.717, 1.165) is 0 Å². The van der Waals surface area contributed by atoms with Crippen molar-refractivity contribution in [2.75, 3.05) is 0 Å². The average molecular weight is 199 g/mol. The topological polar surface area (TPSA) is 17.1 Å². The predicted octanol–water partition coefficient (Wildman–Crippen LogP) is 2.85. The first-order valence-electron chi connectivity index (χ1n) is 4.12. The van der Waals surface area contributed by atoms with E-state index in [1.807, 2.05) is 6.92 Å². The third kappa shape index (κ3) is 1.17. The van der Waals surface area contributed by atoms with Gasteiger partial charge in [0.15, 0.2) is 5.78 Å². The molecule has 0 aliphatic heterocycles. The van der Waals surface area contributed by atoms with E-state index < -0.39 is 5.82 Å². The highest BCUT2D eigenvalue weighted by Crippen LogP contribution is 2.33. The molecule has 1 aliphatic rings. The second-order valence-electron chi connectivity index (χ2n) is 3.36. The molecule has 0 amide bonds. The van der Waals surface area contributed by atoms with Gasteiger partial charge in [0.1, 0.15) is 5.82 Å². The van der Waals surface area contributed by atoms with E-state index in [4.69, 9.17) is 11.6 Å². The number of ketones is 1. The lowest BCUT2D eigenvalue weighted by Crippen LogP contribution is -2.02. The van der Waals surface area contributed by atoms with Crippen molar-refractivity contribution in [2.24, 2.45) is 5.92 Å². The van der Waals surface area contributed by atoms with Gasteiger partial charge >= 0.3 is 0 Å². The summed E-state index contributed by atoms with van der Waals surface area (Å²) in [5.41, 5.74) is 1.25. The van der Waals surface area contributed by atoms with Crippen LogP contribution in [-0.4, -0.2) is 5.78 Å². The van der Waals surface area contributed by atoms with Gasteiger partial charge in [-0.1, -0.05) is 18.5 Å². The highest BCUT2D eigenvalue weighted by Gasteiger charge is 2.29. The Morgan fingerprint density at radius 3 is 2.92 bits per heavy atom. The molecule has 1 nitrogen and oxygen atoms in total. The van der Waals surface area contributed by atoms with Crippen molar-refractivity contribution in [3.63, 3.8) is 0 Å². The molecule has 1 aromatic carbocycles. The van der Waals surface area contributed by atoms with Crippen LogP contribution in [-0.2, 0) is 6.42 Å². The maximum Gasteiger partial charge on any atom is 0.166 e. The summed E-state index contributed by atoms with van der Waals surface area (Å²) in [5.74, 6) is -0.437. The van der Waals surface area contributed by atoms with Crippen LogP contribution in [0.3, 0.4) is 0 Å². The molecule has 3 heteroatoms. The van der Waals surface area contributed by atoms with E-state index in [1.165, 1.54) is 12.1 Å². The van der Waals surface area contributed by atoms with Crippen LogP contribution in [0.2, 0.25) is 5.02 Å². The lowest BCUT2D eigenvalue weighted by atomic mass is 10.1. The number of carbonyl (C=O) groups is 1. The number of halogens is 2. The molecule has 0 saturated carbocycles. The smallest absolute Gasteiger partial charge is 0.166 e. The first kappa shape index (κ1) is 8.70. The molecule has 1 aliphatic carbocycles. The zero-order valence-corrected chi connectivity index (χ0v) is 7.86. The fourth-order valence-electron chi connectivity index (χ4n) is 1.69. The van der Waals surface area contributed by atoms with Gasteiger partial charge in [0.2, 0.25) is 0 Å². The van der Waals surface area contributed by atoms with Gasteiger partial charge in [0, 0.05) is 11.5 Å². The Kier molecular flexibility index (Phi) is 1.88. The molecular weight excluding hydrogens is 191 g/mol. The van der Waals surface area contributed by atoms with Gasteiger partial charge in [-0.15, -0.1) is 0 Å². The van der Waals surface area contributed by atoms with Crippen LogP contribution in [0, 0.1) is 11.7 Å². The molecule has 0 N–H and O–H groups in total. The fourth-order valence-corrected chi connectivity index (χ4v) is 1.93. The third-order valence-corrected chi connectivity index (χ3v) is 2.83.